The van der Waals surface area contributed by atoms with E-state index in [0.29, 0.717) is 17.4 Å². The Labute approximate surface area is 538 Å². The smallest absolute Gasteiger partial charge is 0.361 e. The van der Waals surface area contributed by atoms with Crippen molar-refractivity contribution in [1.29, 1.82) is 0 Å². The molecule has 0 aromatic heterocycles. The summed E-state index contributed by atoms with van der Waals surface area (Å²) in [6.07, 6.45) is 88.9. The van der Waals surface area contributed by atoms with E-state index >= 15 is 0 Å². The Morgan fingerprint density at radius 3 is 0.977 bits per heavy atom. The molecule has 0 amide bonds. The molecule has 0 fully saturated rings. The fourth-order valence-corrected chi connectivity index (χ4v) is 10.8. The monoisotopic (exact) mass is 1220 g/mol. The number of carboxylic acids is 1. The maximum Gasteiger partial charge on any atom is 0.361 e. The van der Waals surface area contributed by atoms with E-state index in [4.69, 9.17) is 18.9 Å². The van der Waals surface area contributed by atoms with Gasteiger partial charge >= 0.3 is 17.9 Å². The van der Waals surface area contributed by atoms with Crippen LogP contribution >= 0.6 is 0 Å². The highest BCUT2D eigenvalue weighted by molar-refractivity contribution is 5.71. The van der Waals surface area contributed by atoms with Crippen LogP contribution in [0.4, 0.5) is 0 Å². The second kappa shape index (κ2) is 68.6. The lowest BCUT2D eigenvalue weighted by molar-refractivity contribution is -0.870. The van der Waals surface area contributed by atoms with E-state index in [-0.39, 0.29) is 38.2 Å². The lowest BCUT2D eigenvalue weighted by Gasteiger charge is -2.25. The number of rotatable bonds is 69. The molecule has 9 heteroatoms. The van der Waals surface area contributed by atoms with Crippen LogP contribution in [0.1, 0.15) is 348 Å². The zero-order valence-electron chi connectivity index (χ0n) is 57.9. The zero-order valence-corrected chi connectivity index (χ0v) is 57.9. The Hall–Kier alpha value is -3.27. The van der Waals surface area contributed by atoms with Gasteiger partial charge in [-0.15, -0.1) is 0 Å². The summed E-state index contributed by atoms with van der Waals surface area (Å²) in [7, 11) is 5.99. The normalized spacial score (nSPS) is 13.1. The number of quaternary nitrogens is 1. The second-order valence-corrected chi connectivity index (χ2v) is 26.2. The third-order valence-corrected chi connectivity index (χ3v) is 16.4. The molecule has 0 bridgehead atoms. The topological polar surface area (TPSA) is 108 Å². The van der Waals surface area contributed by atoms with Gasteiger partial charge < -0.3 is 28.5 Å². The zero-order chi connectivity index (χ0) is 63.3. The van der Waals surface area contributed by atoms with Crippen LogP contribution in [-0.4, -0.2) is 87.4 Å². The van der Waals surface area contributed by atoms with E-state index in [9.17, 15) is 19.5 Å². The summed E-state index contributed by atoms with van der Waals surface area (Å²) in [6.45, 7) is 4.81. The number of nitrogens with zero attached hydrogens (tertiary/aromatic N) is 1. The van der Waals surface area contributed by atoms with Crippen molar-refractivity contribution in [3.63, 3.8) is 0 Å². The first-order valence-electron chi connectivity index (χ1n) is 37.1. The fourth-order valence-electron chi connectivity index (χ4n) is 10.8. The molecule has 0 aromatic rings. The third kappa shape index (κ3) is 70.1. The van der Waals surface area contributed by atoms with Crippen LogP contribution in [0, 0.1) is 0 Å². The predicted molar refractivity (Wildman–Crippen MR) is 373 cm³/mol. The molecule has 9 nitrogen and oxygen atoms in total. The molecule has 0 saturated heterocycles. The maximum absolute atomic E-state index is 13.0. The van der Waals surface area contributed by atoms with Gasteiger partial charge in [0.2, 0.25) is 0 Å². The summed E-state index contributed by atoms with van der Waals surface area (Å²) < 4.78 is 23.0. The van der Waals surface area contributed by atoms with Gasteiger partial charge in [0.05, 0.1) is 34.4 Å². The number of aliphatic carboxylic acids is 1. The second-order valence-electron chi connectivity index (χ2n) is 26.2. The minimum atomic E-state index is -1.51. The summed E-state index contributed by atoms with van der Waals surface area (Å²) in [4.78, 5) is 37.7. The fraction of sp³-hybridized carbons (Fsp3) is 0.808. The molecule has 0 saturated carbocycles. The first kappa shape index (κ1) is 83.7. The van der Waals surface area contributed by atoms with E-state index in [1.807, 2.05) is 21.1 Å². The molecule has 1 N–H and O–H groups in total. The quantitative estimate of drug-likeness (QED) is 0.0211. The summed E-state index contributed by atoms with van der Waals surface area (Å²) in [5, 5.41) is 9.76. The predicted octanol–water partition coefficient (Wildman–Crippen LogP) is 23.3. The number of unbranched alkanes of at least 4 members (excludes halogenated alkanes) is 42. The Bertz CT molecular complexity index is 1660. The van der Waals surface area contributed by atoms with Gasteiger partial charge in [0.25, 0.3) is 6.29 Å². The number of likely N-dealkylation sites (N-methyl/N-ethyl adjacent to an activating group) is 1. The van der Waals surface area contributed by atoms with Gasteiger partial charge in [-0.2, -0.15) is 0 Å². The summed E-state index contributed by atoms with van der Waals surface area (Å²) >= 11 is 0. The van der Waals surface area contributed by atoms with Crippen molar-refractivity contribution in [1.82, 2.24) is 0 Å². The van der Waals surface area contributed by atoms with Crippen LogP contribution < -0.4 is 0 Å². The highest BCUT2D eigenvalue weighted by atomic mass is 16.7. The number of carbonyl (C=O) groups excluding carboxylic acids is 2. The molecule has 0 heterocycles. The molecule has 0 aliphatic heterocycles. The van der Waals surface area contributed by atoms with Crippen molar-refractivity contribution in [2.75, 3.05) is 47.5 Å². The molecular formula is C78H142NO8+. The molecular weight excluding hydrogens is 1080 g/mol. The van der Waals surface area contributed by atoms with Crippen molar-refractivity contribution in [3.05, 3.63) is 72.9 Å². The molecule has 2 atom stereocenters. The Balaban J connectivity index is 4.03. The lowest BCUT2D eigenvalue weighted by atomic mass is 10.0. The summed E-state index contributed by atoms with van der Waals surface area (Å²) in [5.41, 5.74) is 0. The van der Waals surface area contributed by atoms with Crippen LogP contribution in [0.3, 0.4) is 0 Å². The number of esters is 2. The minimum Gasteiger partial charge on any atom is -0.477 e. The number of hydrogen-bond acceptors (Lipinski definition) is 7. The molecule has 0 aliphatic carbocycles. The third-order valence-electron chi connectivity index (χ3n) is 16.4. The van der Waals surface area contributed by atoms with E-state index < -0.39 is 18.4 Å². The van der Waals surface area contributed by atoms with Gasteiger partial charge in [0.15, 0.2) is 6.10 Å². The van der Waals surface area contributed by atoms with E-state index in [0.717, 1.165) is 70.6 Å². The van der Waals surface area contributed by atoms with Crippen LogP contribution in [0.5, 0.6) is 0 Å². The number of ether oxygens (including phenoxy) is 4. The van der Waals surface area contributed by atoms with Crippen LogP contribution in [-0.2, 0) is 33.3 Å². The molecule has 0 spiro atoms. The molecule has 0 aromatic carbocycles. The molecule has 2 unspecified atom stereocenters. The minimum absolute atomic E-state index is 0.179. The number of carboxylic acid groups (broad SMARTS) is 1. The van der Waals surface area contributed by atoms with Crippen molar-refractivity contribution < 1.29 is 42.9 Å². The standard InChI is InChI=1S/C78H141NO8/c1-6-8-10-12-14-16-18-20-22-24-26-28-30-32-34-35-36-37-38-39-40-41-43-45-47-49-51-53-55-57-59-61-63-65-67-69-76(81)87-74(73-86-78(77(82)83)84-71-70-79(3,4)5)72-85-75(80)68-66-64-62-60-58-56-54-52-50-48-46-44-42-33-31-29-27-25-23-21-19-17-15-13-11-9-7-2/h8,10,14,16,19-22,25-28,74,78H,6-7,9,11-13,15,17-18,23-24,29-73H2,1-5H3/p+1/b10-8-,16-14-,21-19-,22-20-,27-25-,28-26-. The van der Waals surface area contributed by atoms with Gasteiger partial charge in [-0.25, -0.2) is 4.79 Å². The average molecular weight is 1220 g/mol. The first-order chi connectivity index (χ1) is 42.6. The lowest BCUT2D eigenvalue weighted by Crippen LogP contribution is -2.40. The van der Waals surface area contributed by atoms with Crippen LogP contribution in [0.25, 0.3) is 0 Å². The van der Waals surface area contributed by atoms with Gasteiger partial charge in [-0.05, 0) is 83.5 Å². The Morgan fingerprint density at radius 1 is 0.356 bits per heavy atom. The number of hydrogen-bond donors (Lipinski definition) is 1. The molecule has 0 rings (SSSR count). The van der Waals surface area contributed by atoms with Gasteiger partial charge in [0.1, 0.15) is 13.2 Å². The molecule has 87 heavy (non-hydrogen) atoms. The number of allylic oxidation sites excluding steroid dienone is 12. The Kier molecular flexibility index (Phi) is 66.1. The SMILES string of the molecule is CC/C=C\C/C=C\C/C=C\C/C=C\CCCCCCCCCCCCCCCCCCCCCCCCC(=O)OC(COC(=O)CCCCCCCCCCCCCCCCC/C=C\C/C=C\CCCCCCC)COC(OCC[N+](C)(C)C)C(=O)O. The highest BCUT2D eigenvalue weighted by Gasteiger charge is 2.25. The van der Waals surface area contributed by atoms with Gasteiger partial charge in [0, 0.05) is 12.8 Å². The van der Waals surface area contributed by atoms with E-state index in [1.54, 1.807) is 0 Å². The highest BCUT2D eigenvalue weighted by Crippen LogP contribution is 2.19. The van der Waals surface area contributed by atoms with Crippen molar-refractivity contribution in [2.45, 2.75) is 360 Å². The van der Waals surface area contributed by atoms with E-state index in [1.165, 1.54) is 250 Å². The van der Waals surface area contributed by atoms with Crippen molar-refractivity contribution in [2.24, 2.45) is 0 Å². The molecule has 0 aliphatic rings. The van der Waals surface area contributed by atoms with Crippen LogP contribution in [0.2, 0.25) is 0 Å². The summed E-state index contributed by atoms with van der Waals surface area (Å²) in [6, 6.07) is 0. The first-order valence-corrected chi connectivity index (χ1v) is 37.1. The largest absolute Gasteiger partial charge is 0.477 e. The molecule has 506 valence electrons. The van der Waals surface area contributed by atoms with Gasteiger partial charge in [-0.3, -0.25) is 9.59 Å². The Morgan fingerprint density at radius 2 is 0.655 bits per heavy atom. The molecule has 0 radical (unpaired) electrons. The van der Waals surface area contributed by atoms with Crippen LogP contribution in [0.15, 0.2) is 72.9 Å². The maximum atomic E-state index is 13.0. The van der Waals surface area contributed by atoms with E-state index in [2.05, 4.69) is 86.8 Å². The summed E-state index contributed by atoms with van der Waals surface area (Å²) in [5.74, 6) is -1.98. The number of carbonyl (C=O) groups is 3. The van der Waals surface area contributed by atoms with Gasteiger partial charge in [-0.1, -0.05) is 324 Å². The van der Waals surface area contributed by atoms with Crippen molar-refractivity contribution >= 4 is 17.9 Å². The van der Waals surface area contributed by atoms with Crippen molar-refractivity contribution in [3.8, 4) is 0 Å². The average Bonchev–Trinajstić information content (AvgIpc) is 3.56.